The van der Waals surface area contributed by atoms with Gasteiger partial charge < -0.3 is 23.8 Å². The van der Waals surface area contributed by atoms with Gasteiger partial charge in [0.2, 0.25) is 0 Å². The standard InChI is InChI=1S/C28H35NO5/c1-5-25-28(27(30)29(3)20(2)26(34-28)21-11-7-6-8-12-21)18-10-9-13-24(33-25)19-32-23-16-14-22(31-4)15-17-23/h6-12,14-17,20,24-26H,5,13,18-19H2,1-4H3/b10-9-/t20-,24+,25+,26-,28-/m0/s1. The normalized spacial score (nSPS) is 30.5. The molecule has 0 N–H and O–H groups in total. The van der Waals surface area contributed by atoms with Crippen LogP contribution in [0.25, 0.3) is 0 Å². The first-order valence-corrected chi connectivity index (χ1v) is 12.1. The monoisotopic (exact) mass is 465 g/mol. The van der Waals surface area contributed by atoms with Crippen molar-refractivity contribution in [3.8, 4) is 11.5 Å². The van der Waals surface area contributed by atoms with Crippen molar-refractivity contribution in [3.63, 3.8) is 0 Å². The average Bonchev–Trinajstić information content (AvgIpc) is 2.87. The molecule has 0 bridgehead atoms. The molecular formula is C28H35NO5. The predicted octanol–water partition coefficient (Wildman–Crippen LogP) is 4.95. The first-order valence-electron chi connectivity index (χ1n) is 12.1. The molecular weight excluding hydrogens is 430 g/mol. The number of morpholine rings is 1. The van der Waals surface area contributed by atoms with Crippen molar-refractivity contribution in [3.05, 3.63) is 72.3 Å². The summed E-state index contributed by atoms with van der Waals surface area (Å²) in [6.45, 7) is 4.46. The third-order valence-corrected chi connectivity index (χ3v) is 6.93. The maximum Gasteiger partial charge on any atom is 0.257 e. The van der Waals surface area contributed by atoms with Crippen LogP contribution in [0.5, 0.6) is 11.5 Å². The molecule has 1 spiro atoms. The number of rotatable bonds is 6. The van der Waals surface area contributed by atoms with E-state index in [1.807, 2.05) is 68.3 Å². The highest BCUT2D eigenvalue weighted by molar-refractivity contribution is 5.87. The fourth-order valence-corrected chi connectivity index (χ4v) is 4.83. The van der Waals surface area contributed by atoms with Gasteiger partial charge in [0.15, 0.2) is 5.60 Å². The van der Waals surface area contributed by atoms with Crippen LogP contribution in [-0.2, 0) is 14.3 Å². The molecule has 4 rings (SSSR count). The van der Waals surface area contributed by atoms with Crippen molar-refractivity contribution in [2.45, 2.75) is 63.1 Å². The van der Waals surface area contributed by atoms with Crippen molar-refractivity contribution >= 4 is 5.91 Å². The Morgan fingerprint density at radius 3 is 2.44 bits per heavy atom. The minimum absolute atomic E-state index is 0.0274. The fraction of sp³-hybridized carbons (Fsp3) is 0.464. The van der Waals surface area contributed by atoms with Crippen LogP contribution >= 0.6 is 0 Å². The zero-order valence-electron chi connectivity index (χ0n) is 20.5. The molecule has 2 aliphatic heterocycles. The van der Waals surface area contributed by atoms with Gasteiger partial charge in [0.1, 0.15) is 24.2 Å². The maximum absolute atomic E-state index is 13.7. The van der Waals surface area contributed by atoms with Crippen LogP contribution in [0.3, 0.4) is 0 Å². The smallest absolute Gasteiger partial charge is 0.257 e. The molecule has 2 heterocycles. The Hall–Kier alpha value is -2.83. The van der Waals surface area contributed by atoms with Gasteiger partial charge in [-0.05, 0) is 49.6 Å². The lowest BCUT2D eigenvalue weighted by molar-refractivity contribution is -0.233. The lowest BCUT2D eigenvalue weighted by atomic mass is 9.83. The third kappa shape index (κ3) is 4.84. The van der Waals surface area contributed by atoms with Crippen molar-refractivity contribution < 1.29 is 23.7 Å². The first-order chi connectivity index (χ1) is 16.5. The topological polar surface area (TPSA) is 57.2 Å². The number of nitrogens with zero attached hydrogens (tertiary/aromatic N) is 1. The van der Waals surface area contributed by atoms with Crippen LogP contribution < -0.4 is 9.47 Å². The van der Waals surface area contributed by atoms with Gasteiger partial charge >= 0.3 is 0 Å². The molecule has 0 aliphatic carbocycles. The van der Waals surface area contributed by atoms with Gasteiger partial charge in [0.05, 0.1) is 25.4 Å². The minimum Gasteiger partial charge on any atom is -0.497 e. The number of likely N-dealkylation sites (N-methyl/N-ethyl adjacent to an activating group) is 1. The van der Waals surface area contributed by atoms with E-state index in [-0.39, 0.29) is 24.2 Å². The molecule has 1 amide bonds. The van der Waals surface area contributed by atoms with Gasteiger partial charge in [0, 0.05) is 13.5 Å². The second kappa shape index (κ2) is 10.6. The van der Waals surface area contributed by atoms with Gasteiger partial charge in [-0.2, -0.15) is 0 Å². The summed E-state index contributed by atoms with van der Waals surface area (Å²) in [7, 11) is 3.51. The van der Waals surface area contributed by atoms with E-state index in [4.69, 9.17) is 18.9 Å². The Labute approximate surface area is 202 Å². The van der Waals surface area contributed by atoms with E-state index in [1.165, 1.54) is 0 Å². The minimum atomic E-state index is -1.08. The maximum atomic E-state index is 13.7. The van der Waals surface area contributed by atoms with E-state index < -0.39 is 11.7 Å². The first kappa shape index (κ1) is 24.3. The summed E-state index contributed by atoms with van der Waals surface area (Å²) in [5.74, 6) is 1.51. The number of ether oxygens (including phenoxy) is 4. The Morgan fingerprint density at radius 2 is 1.76 bits per heavy atom. The summed E-state index contributed by atoms with van der Waals surface area (Å²) < 4.78 is 24.5. The molecule has 0 radical (unpaired) electrons. The van der Waals surface area contributed by atoms with Crippen LogP contribution in [0, 0.1) is 0 Å². The molecule has 1 fully saturated rings. The summed E-state index contributed by atoms with van der Waals surface area (Å²) in [6.07, 6.45) is 5.16. The Balaban J connectivity index is 1.56. The predicted molar refractivity (Wildman–Crippen MR) is 131 cm³/mol. The molecule has 2 aromatic carbocycles. The third-order valence-electron chi connectivity index (χ3n) is 6.93. The van der Waals surface area contributed by atoms with E-state index >= 15 is 0 Å². The van der Waals surface area contributed by atoms with Gasteiger partial charge in [-0.25, -0.2) is 0 Å². The van der Waals surface area contributed by atoms with E-state index in [9.17, 15) is 4.79 Å². The molecule has 6 nitrogen and oxygen atoms in total. The highest BCUT2D eigenvalue weighted by Crippen LogP contribution is 2.42. The molecule has 6 heteroatoms. The van der Waals surface area contributed by atoms with Gasteiger partial charge in [-0.1, -0.05) is 49.4 Å². The summed E-state index contributed by atoms with van der Waals surface area (Å²) in [4.78, 5) is 15.5. The number of methoxy groups -OCH3 is 1. The van der Waals surface area contributed by atoms with Crippen molar-refractivity contribution in [2.24, 2.45) is 0 Å². The van der Waals surface area contributed by atoms with E-state index in [2.05, 4.69) is 24.3 Å². The Bertz CT molecular complexity index is 976. The lowest BCUT2D eigenvalue weighted by Gasteiger charge is -2.51. The van der Waals surface area contributed by atoms with Crippen molar-refractivity contribution in [2.75, 3.05) is 20.8 Å². The molecule has 0 saturated carbocycles. The number of carbonyl (C=O) groups excluding carboxylic acids is 1. The molecule has 5 atom stereocenters. The molecule has 2 aliphatic rings. The number of benzene rings is 2. The van der Waals surface area contributed by atoms with Crippen LogP contribution in [0.1, 0.15) is 44.8 Å². The quantitative estimate of drug-likeness (QED) is 0.566. The second-order valence-corrected chi connectivity index (χ2v) is 9.05. The Morgan fingerprint density at radius 1 is 1.06 bits per heavy atom. The van der Waals surface area contributed by atoms with Gasteiger partial charge in [-0.15, -0.1) is 0 Å². The zero-order chi connectivity index (χ0) is 24.1. The average molecular weight is 466 g/mol. The summed E-state index contributed by atoms with van der Waals surface area (Å²) in [5.41, 5.74) is -0.0137. The Kier molecular flexibility index (Phi) is 7.59. The fourth-order valence-electron chi connectivity index (χ4n) is 4.83. The van der Waals surface area contributed by atoms with E-state index in [1.54, 1.807) is 7.11 Å². The lowest BCUT2D eigenvalue weighted by Crippen LogP contribution is -2.65. The number of carbonyl (C=O) groups is 1. The number of hydrogen-bond donors (Lipinski definition) is 0. The van der Waals surface area contributed by atoms with Crippen LogP contribution in [0.4, 0.5) is 0 Å². The van der Waals surface area contributed by atoms with Crippen LogP contribution in [0.15, 0.2) is 66.7 Å². The zero-order valence-corrected chi connectivity index (χ0v) is 20.5. The van der Waals surface area contributed by atoms with Crippen molar-refractivity contribution in [1.29, 1.82) is 0 Å². The largest absolute Gasteiger partial charge is 0.497 e. The molecule has 0 unspecified atom stereocenters. The van der Waals surface area contributed by atoms with Crippen molar-refractivity contribution in [1.82, 2.24) is 4.90 Å². The second-order valence-electron chi connectivity index (χ2n) is 9.05. The highest BCUT2D eigenvalue weighted by Gasteiger charge is 2.55. The van der Waals surface area contributed by atoms with Crippen LogP contribution in [-0.4, -0.2) is 55.4 Å². The molecule has 34 heavy (non-hydrogen) atoms. The molecule has 1 saturated heterocycles. The summed E-state index contributed by atoms with van der Waals surface area (Å²) in [5, 5.41) is 0. The van der Waals surface area contributed by atoms with Gasteiger partial charge in [0.25, 0.3) is 5.91 Å². The number of hydrogen-bond acceptors (Lipinski definition) is 5. The van der Waals surface area contributed by atoms with Crippen LogP contribution in [0.2, 0.25) is 0 Å². The number of amides is 1. The van der Waals surface area contributed by atoms with Gasteiger partial charge in [-0.3, -0.25) is 4.79 Å². The van der Waals surface area contributed by atoms with E-state index in [0.29, 0.717) is 25.9 Å². The molecule has 0 aromatic heterocycles. The van der Waals surface area contributed by atoms with E-state index in [0.717, 1.165) is 17.1 Å². The summed E-state index contributed by atoms with van der Waals surface area (Å²) >= 11 is 0. The summed E-state index contributed by atoms with van der Waals surface area (Å²) in [6, 6.07) is 17.5. The highest BCUT2D eigenvalue weighted by atomic mass is 16.6. The SMILES string of the molecule is CC[C@H]1O[C@@H](COc2ccc(OC)cc2)C/C=C\C[C@]12O[C@H](c1ccccc1)[C@H](C)N(C)C2=O. The molecule has 2 aromatic rings. The molecule has 182 valence electrons.